The molecule has 3 heterocycles. The molecular formula is C25H29AsN4O5S2. The summed E-state index contributed by atoms with van der Waals surface area (Å²) in [4.78, 5) is 11.8. The van der Waals surface area contributed by atoms with Gasteiger partial charge in [0.15, 0.2) is 0 Å². The molecule has 3 atom stereocenters. The number of fused-ring (bicyclic) bond motifs is 2. The predicted octanol–water partition coefficient (Wildman–Crippen LogP) is 2.36. The van der Waals surface area contributed by atoms with Crippen molar-refractivity contribution in [1.29, 1.82) is 0 Å². The Balaban J connectivity index is 0.000000586. The molecule has 5 rings (SSSR count). The molecular weight excluding hydrogens is 575 g/mol. The molecule has 12 heteroatoms. The first-order chi connectivity index (χ1) is 17.3. The van der Waals surface area contributed by atoms with Crippen LogP contribution < -0.4 is 4.61 Å². The predicted molar refractivity (Wildman–Crippen MR) is 149 cm³/mol. The number of imidazole rings is 1. The largest absolute Gasteiger partial charge is 0.286 e. The van der Waals surface area contributed by atoms with Gasteiger partial charge < -0.3 is 0 Å². The van der Waals surface area contributed by atoms with Gasteiger partial charge in [0.25, 0.3) is 10.1 Å². The van der Waals surface area contributed by atoms with Crippen LogP contribution in [-0.2, 0) is 20.1 Å². The number of amidine groups is 1. The maximum atomic E-state index is 13.1. The monoisotopic (exact) mass is 604 g/mol. The minimum absolute atomic E-state index is 0.0756. The Hall–Kier alpha value is -2.72. The number of hydrogen-bond donors (Lipinski definition) is 1. The van der Waals surface area contributed by atoms with Gasteiger partial charge in [0, 0.05) is 0 Å². The smallest absolute Gasteiger partial charge is 0.261 e. The molecule has 1 N–H and O–H groups in total. The Bertz CT molecular complexity index is 1630. The molecule has 3 aromatic rings. The van der Waals surface area contributed by atoms with Crippen LogP contribution in [0.3, 0.4) is 0 Å². The number of nitrogens with zero attached hydrogens (tertiary/aromatic N) is 4. The third-order valence-corrected chi connectivity index (χ3v) is 9.27. The number of hydrogen-bond acceptors (Lipinski definition) is 7. The van der Waals surface area contributed by atoms with Crippen molar-refractivity contribution in [3.05, 3.63) is 83.6 Å². The molecule has 2 aliphatic rings. The van der Waals surface area contributed by atoms with Crippen molar-refractivity contribution in [2.75, 3.05) is 6.26 Å². The fourth-order valence-corrected chi connectivity index (χ4v) is 6.96. The normalized spacial score (nSPS) is 19.4. The molecule has 0 saturated carbocycles. The van der Waals surface area contributed by atoms with Crippen LogP contribution in [0, 0.1) is 0 Å². The summed E-state index contributed by atoms with van der Waals surface area (Å²) < 4.78 is 54.0. The number of aromatic nitrogens is 2. The van der Waals surface area contributed by atoms with Crippen LogP contribution in [0.2, 0.25) is 0 Å². The number of aliphatic imine (C=N–C) groups is 1. The van der Waals surface area contributed by atoms with Crippen LogP contribution >= 0.6 is 0 Å². The maximum Gasteiger partial charge on any atom is 0.261 e. The van der Waals surface area contributed by atoms with Gasteiger partial charge in [-0.2, -0.15) is 8.42 Å². The summed E-state index contributed by atoms with van der Waals surface area (Å²) in [5.41, 5.74) is 4.61. The Labute approximate surface area is 225 Å². The maximum absolute atomic E-state index is 13.1. The van der Waals surface area contributed by atoms with E-state index in [1.54, 1.807) is 13.8 Å². The van der Waals surface area contributed by atoms with E-state index in [0.29, 0.717) is 21.9 Å². The Morgan fingerprint density at radius 3 is 2.30 bits per heavy atom. The van der Waals surface area contributed by atoms with Gasteiger partial charge in [-0.25, -0.2) is 0 Å². The molecule has 0 spiro atoms. The summed E-state index contributed by atoms with van der Waals surface area (Å²) in [5, 5.41) is -0.533. The average Bonchev–Trinajstić information content (AvgIpc) is 3.34. The van der Waals surface area contributed by atoms with Crippen molar-refractivity contribution in [3.8, 4) is 0 Å². The van der Waals surface area contributed by atoms with Gasteiger partial charge in [0.1, 0.15) is 0 Å². The first-order valence-electron chi connectivity index (χ1n) is 11.5. The number of allylic oxidation sites excluding steroid dienone is 2. The van der Waals surface area contributed by atoms with E-state index in [2.05, 4.69) is 47.3 Å². The standard InChI is InChI=1S/C24H25AsN4O2S.CH4O3S/c1-15(2)32(30,31)29-20-14-18(9-10-19(20)26-24(29)25)23-22(17-7-5-4-6-8-17)27-21-13-16(3)11-12-28(21)23;1-5(2,3)4/h4-15,22-23H,25H2,1-3H3;1H3,(H,2,3,4). The fraction of sp³-hybridized carbons (Fsp3) is 0.280. The van der Waals surface area contributed by atoms with E-state index in [4.69, 9.17) is 9.55 Å². The van der Waals surface area contributed by atoms with Gasteiger partial charge in [-0.3, -0.25) is 4.55 Å². The minimum Gasteiger partial charge on any atom is -0.286 e. The molecule has 3 unspecified atom stereocenters. The van der Waals surface area contributed by atoms with Crippen molar-refractivity contribution >= 4 is 58.5 Å². The quantitative estimate of drug-likeness (QED) is 0.359. The van der Waals surface area contributed by atoms with Crippen LogP contribution in [0.15, 0.2) is 77.4 Å². The first kappa shape index (κ1) is 27.3. The second kappa shape index (κ2) is 10.2. The molecule has 0 bridgehead atoms. The second-order valence-corrected chi connectivity index (χ2v) is 14.1. The summed E-state index contributed by atoms with van der Waals surface area (Å²) in [7, 11) is -7.19. The fourth-order valence-electron chi connectivity index (χ4n) is 4.31. The van der Waals surface area contributed by atoms with E-state index in [9.17, 15) is 16.8 Å². The van der Waals surface area contributed by atoms with Crippen LogP contribution in [0.1, 0.15) is 44.0 Å². The van der Waals surface area contributed by atoms with Crippen molar-refractivity contribution < 1.29 is 21.4 Å². The SMILES string of the molecule is CC1=CC2=NC(c3ccccc3)C(c3ccc4nc([AsH2])n(S(=O)(=O)C(C)C)c4c3)N2C=C1.CS(=O)(=O)O. The van der Waals surface area contributed by atoms with Gasteiger partial charge >= 0.3 is 197 Å². The average molecular weight is 605 g/mol. The van der Waals surface area contributed by atoms with Gasteiger partial charge in [0.2, 0.25) is 0 Å². The Morgan fingerprint density at radius 1 is 1.03 bits per heavy atom. The van der Waals surface area contributed by atoms with Crippen LogP contribution in [-0.4, -0.2) is 69.4 Å². The van der Waals surface area contributed by atoms with E-state index in [-0.39, 0.29) is 12.1 Å². The molecule has 196 valence electrons. The number of benzene rings is 2. The van der Waals surface area contributed by atoms with E-state index >= 15 is 0 Å². The van der Waals surface area contributed by atoms with Gasteiger partial charge in [-0.1, -0.05) is 0 Å². The molecule has 0 saturated heterocycles. The topological polar surface area (TPSA) is 122 Å². The van der Waals surface area contributed by atoms with Crippen LogP contribution in [0.25, 0.3) is 11.0 Å². The number of rotatable bonds is 4. The van der Waals surface area contributed by atoms with Gasteiger partial charge in [-0.05, 0) is 0 Å². The van der Waals surface area contributed by atoms with Crippen molar-refractivity contribution in [3.63, 3.8) is 0 Å². The molecule has 2 aromatic carbocycles. The van der Waals surface area contributed by atoms with Crippen molar-refractivity contribution in [2.45, 2.75) is 38.1 Å². The van der Waals surface area contributed by atoms with Crippen molar-refractivity contribution in [2.24, 2.45) is 4.99 Å². The van der Waals surface area contributed by atoms with E-state index in [1.165, 1.54) is 20.8 Å². The third kappa shape index (κ3) is 5.75. The minimum atomic E-state index is -3.67. The van der Waals surface area contributed by atoms with E-state index < -0.39 is 25.4 Å². The third-order valence-electron chi connectivity index (χ3n) is 5.98. The summed E-state index contributed by atoms with van der Waals surface area (Å²) in [5.74, 6) is 0.923. The molecule has 0 fully saturated rings. The van der Waals surface area contributed by atoms with E-state index in [1.807, 2.05) is 36.4 Å². The summed E-state index contributed by atoms with van der Waals surface area (Å²) in [6.45, 7) is 5.47. The zero-order valence-electron chi connectivity index (χ0n) is 20.8. The first-order valence-corrected chi connectivity index (χ1v) is 16.1. The Kier molecular flexibility index (Phi) is 7.54. The van der Waals surface area contributed by atoms with Crippen molar-refractivity contribution in [1.82, 2.24) is 13.9 Å². The second-order valence-electron chi connectivity index (χ2n) is 9.21. The molecule has 0 radical (unpaired) electrons. The zero-order valence-corrected chi connectivity index (χ0v) is 24.9. The summed E-state index contributed by atoms with van der Waals surface area (Å²) in [6, 6.07) is 16.0. The Morgan fingerprint density at radius 2 is 1.68 bits per heavy atom. The molecule has 37 heavy (non-hydrogen) atoms. The molecule has 9 nitrogen and oxygen atoms in total. The molecule has 0 amide bonds. The van der Waals surface area contributed by atoms with Crippen LogP contribution in [0.5, 0.6) is 0 Å². The van der Waals surface area contributed by atoms with Gasteiger partial charge in [0.05, 0.1) is 6.26 Å². The van der Waals surface area contributed by atoms with Gasteiger partial charge in [-0.15, -0.1) is 0 Å². The zero-order chi connectivity index (χ0) is 27.1. The van der Waals surface area contributed by atoms with E-state index in [0.717, 1.165) is 22.5 Å². The molecule has 1 aromatic heterocycles. The summed E-state index contributed by atoms with van der Waals surface area (Å²) in [6.07, 6.45) is 6.96. The molecule has 0 aliphatic carbocycles. The molecule has 2 aliphatic heterocycles. The summed E-state index contributed by atoms with van der Waals surface area (Å²) >= 11 is 1.20. The van der Waals surface area contributed by atoms with Crippen LogP contribution in [0.4, 0.5) is 0 Å².